The first-order valence-electron chi connectivity index (χ1n) is 9.61. The number of fused-ring (bicyclic) bond motifs is 1. The fourth-order valence-corrected chi connectivity index (χ4v) is 4.98. The molecule has 0 aromatic heterocycles. The maximum absolute atomic E-state index is 13.8. The molecule has 2 aromatic rings. The molecule has 158 valence electrons. The summed E-state index contributed by atoms with van der Waals surface area (Å²) in [6.07, 6.45) is 1.62. The number of halogens is 3. The van der Waals surface area contributed by atoms with Crippen LogP contribution < -0.4 is 5.32 Å². The Morgan fingerprint density at radius 2 is 1.69 bits per heavy atom. The van der Waals surface area contributed by atoms with Crippen LogP contribution in [0.15, 0.2) is 53.0 Å². The van der Waals surface area contributed by atoms with E-state index in [2.05, 4.69) is 62.5 Å². The number of nitrogens with zero attached hydrogens (tertiary/aromatic N) is 2. The molecule has 1 heterocycles. The van der Waals surface area contributed by atoms with Gasteiger partial charge < -0.3 is 10.2 Å². The first kappa shape index (κ1) is 24.2. The third kappa shape index (κ3) is 4.97. The normalized spacial score (nSPS) is 17.6. The summed E-state index contributed by atoms with van der Waals surface area (Å²) in [6, 6.07) is 16.7. The predicted octanol–water partition coefficient (Wildman–Crippen LogP) is 3.69. The molecular formula is C22H28BrCl2N3O. The van der Waals surface area contributed by atoms with Crippen molar-refractivity contribution in [3.8, 4) is 0 Å². The Hall–Kier alpha value is -1.11. The summed E-state index contributed by atoms with van der Waals surface area (Å²) < 4.78 is 1.05. The number of carbonyl (C=O) groups is 1. The second-order valence-electron chi connectivity index (χ2n) is 7.68. The third-order valence-electron chi connectivity index (χ3n) is 5.86. The molecule has 2 aliphatic rings. The first-order chi connectivity index (χ1) is 13.1. The van der Waals surface area contributed by atoms with Crippen LogP contribution in [0.4, 0.5) is 0 Å². The van der Waals surface area contributed by atoms with E-state index in [1.165, 1.54) is 11.1 Å². The monoisotopic (exact) mass is 499 g/mol. The fraction of sp³-hybridized carbons (Fsp3) is 0.409. The summed E-state index contributed by atoms with van der Waals surface area (Å²) in [6.45, 7) is 4.36. The van der Waals surface area contributed by atoms with Gasteiger partial charge in [-0.2, -0.15) is 0 Å². The Balaban J connectivity index is 0.00000150. The Morgan fingerprint density at radius 1 is 1.07 bits per heavy atom. The topological polar surface area (TPSA) is 35.6 Å². The largest absolute Gasteiger partial charge is 0.340 e. The van der Waals surface area contributed by atoms with Crippen LogP contribution in [0.1, 0.15) is 16.7 Å². The maximum Gasteiger partial charge on any atom is 0.243 e. The molecule has 0 unspecified atom stereocenters. The SMILES string of the molecule is CN(Cc1cccc(Br)c1)C(=O)C1(N2CCNCC2)Cc2ccccc2C1.Cl.Cl. The lowest BCUT2D eigenvalue weighted by Crippen LogP contribution is -2.63. The number of nitrogens with one attached hydrogen (secondary N) is 1. The zero-order chi connectivity index (χ0) is 18.9. The van der Waals surface area contributed by atoms with Gasteiger partial charge in [-0.15, -0.1) is 24.8 Å². The summed E-state index contributed by atoms with van der Waals surface area (Å²) >= 11 is 3.53. The van der Waals surface area contributed by atoms with E-state index in [4.69, 9.17) is 0 Å². The molecule has 4 rings (SSSR count). The summed E-state index contributed by atoms with van der Waals surface area (Å²) in [5.41, 5.74) is 3.33. The molecule has 0 spiro atoms. The highest BCUT2D eigenvalue weighted by Crippen LogP contribution is 2.36. The smallest absolute Gasteiger partial charge is 0.243 e. The van der Waals surface area contributed by atoms with Crippen molar-refractivity contribution >= 4 is 46.7 Å². The molecule has 0 radical (unpaired) electrons. The quantitative estimate of drug-likeness (QED) is 0.695. The van der Waals surface area contributed by atoms with Gasteiger partial charge in [0.1, 0.15) is 5.54 Å². The van der Waals surface area contributed by atoms with E-state index in [0.29, 0.717) is 6.54 Å². The van der Waals surface area contributed by atoms with Gasteiger partial charge in [0.05, 0.1) is 0 Å². The van der Waals surface area contributed by atoms with Gasteiger partial charge in [-0.25, -0.2) is 0 Å². The van der Waals surface area contributed by atoms with E-state index in [1.807, 2.05) is 24.1 Å². The molecule has 7 heteroatoms. The van der Waals surface area contributed by atoms with Crippen LogP contribution in [0.5, 0.6) is 0 Å². The molecule has 29 heavy (non-hydrogen) atoms. The Bertz CT molecular complexity index is 817. The van der Waals surface area contributed by atoms with Gasteiger partial charge in [-0.05, 0) is 28.8 Å². The Kier molecular flexibility index (Phi) is 8.56. The van der Waals surface area contributed by atoms with Crippen LogP contribution in [0.3, 0.4) is 0 Å². The van der Waals surface area contributed by atoms with Crippen molar-refractivity contribution in [1.29, 1.82) is 0 Å². The van der Waals surface area contributed by atoms with E-state index in [9.17, 15) is 4.79 Å². The van der Waals surface area contributed by atoms with Crippen LogP contribution in [0.2, 0.25) is 0 Å². The predicted molar refractivity (Wildman–Crippen MR) is 126 cm³/mol. The number of amides is 1. The Labute approximate surface area is 194 Å². The summed E-state index contributed by atoms with van der Waals surface area (Å²) in [5.74, 6) is 0.237. The second-order valence-corrected chi connectivity index (χ2v) is 8.60. The lowest BCUT2D eigenvalue weighted by molar-refractivity contribution is -0.144. The zero-order valence-corrected chi connectivity index (χ0v) is 19.8. The standard InChI is InChI=1S/C22H26BrN3O.2ClH/c1-25(16-17-5-4-8-20(23)13-17)21(27)22(26-11-9-24-10-12-26)14-18-6-2-3-7-19(18)15-22;;/h2-8,13,24H,9-12,14-16H2,1H3;2*1H. The van der Waals surface area contributed by atoms with Crippen molar-refractivity contribution in [2.45, 2.75) is 24.9 Å². The minimum atomic E-state index is -0.452. The average Bonchev–Trinajstić information content (AvgIpc) is 3.09. The summed E-state index contributed by atoms with van der Waals surface area (Å²) in [4.78, 5) is 18.1. The summed E-state index contributed by atoms with van der Waals surface area (Å²) in [7, 11) is 1.94. The molecule has 2 aromatic carbocycles. The van der Waals surface area contributed by atoms with Crippen LogP contribution in [-0.2, 0) is 24.2 Å². The molecule has 0 saturated carbocycles. The van der Waals surface area contributed by atoms with E-state index < -0.39 is 5.54 Å². The van der Waals surface area contributed by atoms with E-state index >= 15 is 0 Å². The van der Waals surface area contributed by atoms with E-state index in [-0.39, 0.29) is 30.7 Å². The molecule has 1 aliphatic heterocycles. The average molecular weight is 501 g/mol. The van der Waals surface area contributed by atoms with Crippen molar-refractivity contribution in [2.75, 3.05) is 33.2 Å². The number of piperazine rings is 1. The first-order valence-corrected chi connectivity index (χ1v) is 10.4. The van der Waals surface area contributed by atoms with Gasteiger partial charge in [-0.1, -0.05) is 52.3 Å². The minimum absolute atomic E-state index is 0. The van der Waals surface area contributed by atoms with Gasteiger partial charge in [0.2, 0.25) is 5.91 Å². The number of benzene rings is 2. The summed E-state index contributed by atoms with van der Waals surface area (Å²) in [5, 5.41) is 3.42. The number of hydrogen-bond donors (Lipinski definition) is 1. The van der Waals surface area contributed by atoms with Crippen LogP contribution in [0.25, 0.3) is 0 Å². The van der Waals surface area contributed by atoms with Crippen LogP contribution in [-0.4, -0.2) is 54.5 Å². The third-order valence-corrected chi connectivity index (χ3v) is 6.35. The number of hydrogen-bond acceptors (Lipinski definition) is 3. The van der Waals surface area contributed by atoms with Gasteiger partial charge in [0.25, 0.3) is 0 Å². The molecule has 1 aliphatic carbocycles. The van der Waals surface area contributed by atoms with Gasteiger partial charge in [0.15, 0.2) is 0 Å². The molecule has 1 amide bonds. The second kappa shape index (κ2) is 10.3. The Morgan fingerprint density at radius 3 is 2.28 bits per heavy atom. The lowest BCUT2D eigenvalue weighted by Gasteiger charge is -2.44. The highest BCUT2D eigenvalue weighted by atomic mass is 79.9. The van der Waals surface area contributed by atoms with Crippen molar-refractivity contribution in [3.63, 3.8) is 0 Å². The highest BCUT2D eigenvalue weighted by Gasteiger charge is 2.49. The maximum atomic E-state index is 13.8. The number of likely N-dealkylation sites (N-methyl/N-ethyl adjacent to an activating group) is 1. The van der Waals surface area contributed by atoms with Gasteiger partial charge in [0, 0.05) is 57.1 Å². The minimum Gasteiger partial charge on any atom is -0.340 e. The van der Waals surface area contributed by atoms with Gasteiger partial charge in [-0.3, -0.25) is 9.69 Å². The molecule has 1 fully saturated rings. The van der Waals surface area contributed by atoms with E-state index in [1.54, 1.807) is 0 Å². The van der Waals surface area contributed by atoms with Gasteiger partial charge >= 0.3 is 0 Å². The molecule has 4 nitrogen and oxygen atoms in total. The molecule has 1 N–H and O–H groups in total. The van der Waals surface area contributed by atoms with Crippen LogP contribution in [0, 0.1) is 0 Å². The van der Waals surface area contributed by atoms with Crippen molar-refractivity contribution in [2.24, 2.45) is 0 Å². The highest BCUT2D eigenvalue weighted by molar-refractivity contribution is 9.10. The van der Waals surface area contributed by atoms with Crippen molar-refractivity contribution < 1.29 is 4.79 Å². The number of rotatable bonds is 4. The lowest BCUT2D eigenvalue weighted by atomic mass is 9.90. The fourth-order valence-electron chi connectivity index (χ4n) is 4.53. The molecule has 0 atom stereocenters. The van der Waals surface area contributed by atoms with Crippen molar-refractivity contribution in [1.82, 2.24) is 15.1 Å². The van der Waals surface area contributed by atoms with Crippen molar-refractivity contribution in [3.05, 3.63) is 69.7 Å². The van der Waals surface area contributed by atoms with E-state index in [0.717, 1.165) is 49.1 Å². The number of carbonyl (C=O) groups excluding carboxylic acids is 1. The van der Waals surface area contributed by atoms with Crippen LogP contribution >= 0.6 is 40.7 Å². The molecule has 1 saturated heterocycles. The molecular weight excluding hydrogens is 473 g/mol. The zero-order valence-electron chi connectivity index (χ0n) is 16.6. The molecule has 0 bridgehead atoms.